The summed E-state index contributed by atoms with van der Waals surface area (Å²) in [6.07, 6.45) is 0. The van der Waals surface area contributed by atoms with E-state index in [1.165, 1.54) is 114 Å². The highest BCUT2D eigenvalue weighted by Crippen LogP contribution is 2.45. The van der Waals surface area contributed by atoms with E-state index in [4.69, 9.17) is 0 Å². The van der Waals surface area contributed by atoms with Crippen molar-refractivity contribution in [2.75, 3.05) is 50.5 Å². The molecule has 0 aliphatic rings. The van der Waals surface area contributed by atoms with Crippen LogP contribution < -0.4 is 29.4 Å². The molecule has 0 heterocycles. The van der Waals surface area contributed by atoms with Crippen molar-refractivity contribution in [1.82, 2.24) is 0 Å². The minimum absolute atomic E-state index is 1.12. The summed E-state index contributed by atoms with van der Waals surface area (Å²) in [5, 5.41) is 22.6. The Bertz CT molecular complexity index is 7070. The number of anilines is 15. The van der Waals surface area contributed by atoms with Crippen molar-refractivity contribution >= 4 is 182 Å². The van der Waals surface area contributed by atoms with Crippen LogP contribution in [-0.4, -0.2) is 21.1 Å². The lowest BCUT2D eigenvalue weighted by Gasteiger charge is -2.27. The van der Waals surface area contributed by atoms with Gasteiger partial charge in [0.1, 0.15) is 0 Å². The van der Waals surface area contributed by atoms with Gasteiger partial charge < -0.3 is 29.4 Å². The summed E-state index contributed by atoms with van der Waals surface area (Å²) in [6.45, 7) is 0. The van der Waals surface area contributed by atoms with E-state index in [0.717, 1.165) is 68.2 Å². The van der Waals surface area contributed by atoms with Crippen LogP contribution in [0.5, 0.6) is 0 Å². The molecule has 0 saturated carbocycles. The molecule has 6 heteroatoms. The Balaban J connectivity index is 0.000000117. The normalized spacial score (nSPS) is 11.2. The van der Waals surface area contributed by atoms with Crippen molar-refractivity contribution in [2.45, 2.75) is 0 Å². The molecule has 0 atom stereocenters. The predicted octanol–water partition coefficient (Wildman–Crippen LogP) is 31.2. The fraction of sp³-hybridized carbons (Fsp3) is 0.0270. The Morgan fingerprint density at radius 3 is 0.778 bits per heavy atom. The van der Waals surface area contributed by atoms with Crippen LogP contribution >= 0.6 is 0 Å². The molecular formula is C111H84N6. The first kappa shape index (κ1) is 72.0. The van der Waals surface area contributed by atoms with Gasteiger partial charge in [-0.15, -0.1) is 0 Å². The molecule has 21 aromatic rings. The smallest absolute Gasteiger partial charge is 0.0567 e. The third kappa shape index (κ3) is 14.7. The lowest BCUT2D eigenvalue weighted by Crippen LogP contribution is -2.12. The zero-order valence-electron chi connectivity index (χ0n) is 65.5. The number of rotatable bonds is 15. The highest BCUT2D eigenvalue weighted by molar-refractivity contribution is 6.15. The molecule has 117 heavy (non-hydrogen) atoms. The highest BCUT2D eigenvalue weighted by Gasteiger charge is 2.21. The van der Waals surface area contributed by atoms with Crippen molar-refractivity contribution in [3.8, 4) is 0 Å². The maximum atomic E-state index is 2.32. The maximum Gasteiger partial charge on any atom is 0.0567 e. The minimum atomic E-state index is 1.12. The Kier molecular flexibility index (Phi) is 19.8. The van der Waals surface area contributed by atoms with Gasteiger partial charge in [0.05, 0.1) is 5.69 Å². The maximum absolute atomic E-state index is 2.32. The van der Waals surface area contributed by atoms with E-state index in [1.807, 2.05) is 0 Å². The monoisotopic (exact) mass is 1500 g/mol. The fourth-order valence-electron chi connectivity index (χ4n) is 16.7. The Labute approximate surface area is 683 Å². The lowest BCUT2D eigenvalue weighted by atomic mass is 9.99. The molecule has 0 aliphatic heterocycles. The van der Waals surface area contributed by atoms with E-state index in [2.05, 4.69) is 506 Å². The molecule has 0 radical (unpaired) electrons. The third-order valence-electron chi connectivity index (χ3n) is 22.8. The molecule has 0 bridgehead atoms. The van der Waals surface area contributed by atoms with E-state index < -0.39 is 0 Å². The zero-order valence-corrected chi connectivity index (χ0v) is 65.5. The summed E-state index contributed by atoms with van der Waals surface area (Å²) in [5.74, 6) is 0. The second-order valence-corrected chi connectivity index (χ2v) is 29.9. The van der Waals surface area contributed by atoms with Crippen molar-refractivity contribution in [3.05, 3.63) is 455 Å². The van der Waals surface area contributed by atoms with Gasteiger partial charge in [0.25, 0.3) is 0 Å². The summed E-state index contributed by atoms with van der Waals surface area (Å²) in [5.41, 5.74) is 17.2. The second kappa shape index (κ2) is 32.1. The molecule has 0 unspecified atom stereocenters. The van der Waals surface area contributed by atoms with Crippen molar-refractivity contribution < 1.29 is 0 Å². The third-order valence-corrected chi connectivity index (χ3v) is 22.8. The van der Waals surface area contributed by atoms with Gasteiger partial charge in [-0.25, -0.2) is 0 Å². The fourth-order valence-corrected chi connectivity index (χ4v) is 16.7. The SMILES string of the molecule is CN(c1ccc(N(c2ccccc2)c2ccc3ccccc3c2)cc1)c1c2ccccc2cc2ccccc12.CN(c1ccc(N(c2ccccc2)c2ccc3ccccc3c2)cc1)c1cc2ccccc2c2ccccc12.CN(c1ccc(N(c2ccccc2)c2ccc3ccccc3c2)cc1)c1ccc2cc3ccccc3cc2c1. The van der Waals surface area contributed by atoms with Gasteiger partial charge >= 0.3 is 0 Å². The van der Waals surface area contributed by atoms with Crippen LogP contribution in [0.2, 0.25) is 0 Å². The van der Waals surface area contributed by atoms with Crippen LogP contribution in [0.15, 0.2) is 455 Å². The molecule has 0 fully saturated rings. The van der Waals surface area contributed by atoms with E-state index >= 15 is 0 Å². The van der Waals surface area contributed by atoms with E-state index in [0.29, 0.717) is 0 Å². The second-order valence-electron chi connectivity index (χ2n) is 29.9. The van der Waals surface area contributed by atoms with Crippen molar-refractivity contribution in [1.29, 1.82) is 0 Å². The lowest BCUT2D eigenvalue weighted by molar-refractivity contribution is 1.21. The largest absolute Gasteiger partial charge is 0.345 e. The summed E-state index contributed by atoms with van der Waals surface area (Å²) in [4.78, 5) is 13.8. The van der Waals surface area contributed by atoms with Crippen LogP contribution in [0.3, 0.4) is 0 Å². The first-order chi connectivity index (χ1) is 57.7. The zero-order chi connectivity index (χ0) is 78.5. The van der Waals surface area contributed by atoms with Gasteiger partial charge in [-0.3, -0.25) is 0 Å². The molecule has 21 rings (SSSR count). The Morgan fingerprint density at radius 2 is 0.368 bits per heavy atom. The molecule has 6 nitrogen and oxygen atoms in total. The molecular weight excluding hydrogens is 1420 g/mol. The average molecular weight is 1500 g/mol. The number of fused-ring (bicyclic) bond motifs is 10. The first-order valence-corrected chi connectivity index (χ1v) is 40.0. The van der Waals surface area contributed by atoms with Crippen LogP contribution in [0.1, 0.15) is 0 Å². The number of benzene rings is 21. The number of nitrogens with zero attached hydrogens (tertiary/aromatic N) is 6. The quantitative estimate of drug-likeness (QED) is 0.0747. The van der Waals surface area contributed by atoms with Gasteiger partial charge in [-0.05, 0) is 263 Å². The van der Waals surface area contributed by atoms with Gasteiger partial charge in [-0.1, -0.05) is 273 Å². The Morgan fingerprint density at radius 1 is 0.128 bits per heavy atom. The molecule has 558 valence electrons. The molecule has 0 aliphatic carbocycles. The molecule has 0 aromatic heterocycles. The van der Waals surface area contributed by atoms with Crippen molar-refractivity contribution in [3.63, 3.8) is 0 Å². The van der Waals surface area contributed by atoms with Crippen molar-refractivity contribution in [2.24, 2.45) is 0 Å². The van der Waals surface area contributed by atoms with Gasteiger partial charge in [0.15, 0.2) is 0 Å². The number of para-hydroxylation sites is 3. The number of hydrogen-bond acceptors (Lipinski definition) is 6. The summed E-state index contributed by atoms with van der Waals surface area (Å²) in [7, 11) is 6.46. The molecule has 0 saturated heterocycles. The first-order valence-electron chi connectivity index (χ1n) is 40.0. The summed E-state index contributed by atoms with van der Waals surface area (Å²) < 4.78 is 0. The molecule has 21 aromatic carbocycles. The van der Waals surface area contributed by atoms with E-state index in [-0.39, 0.29) is 0 Å². The minimum Gasteiger partial charge on any atom is -0.345 e. The van der Waals surface area contributed by atoms with Gasteiger partial charge in [0.2, 0.25) is 0 Å². The van der Waals surface area contributed by atoms with Gasteiger partial charge in [0, 0.05) is 117 Å². The predicted molar refractivity (Wildman–Crippen MR) is 504 cm³/mol. The van der Waals surface area contributed by atoms with E-state index in [9.17, 15) is 0 Å². The molecule has 0 spiro atoms. The summed E-state index contributed by atoms with van der Waals surface area (Å²) in [6, 6.07) is 163. The summed E-state index contributed by atoms with van der Waals surface area (Å²) >= 11 is 0. The number of hydrogen-bond donors (Lipinski definition) is 0. The average Bonchev–Trinajstić information content (AvgIpc) is 0.774. The Hall–Kier alpha value is -15.2. The van der Waals surface area contributed by atoms with Crippen LogP contribution in [0.25, 0.3) is 97.0 Å². The highest BCUT2D eigenvalue weighted by atomic mass is 15.2. The van der Waals surface area contributed by atoms with Crippen LogP contribution in [0, 0.1) is 0 Å². The van der Waals surface area contributed by atoms with Crippen LogP contribution in [0.4, 0.5) is 85.3 Å². The topological polar surface area (TPSA) is 19.4 Å². The molecule has 0 amide bonds. The van der Waals surface area contributed by atoms with Crippen LogP contribution in [-0.2, 0) is 0 Å². The standard InChI is InChI=1S/3C37H28N2/c1-38(37-35-17-9-7-13-29(35)25-30-14-8-10-18-36(30)37)31-21-23-33(24-22-31)39(32-15-3-2-4-16-32)34-20-19-27-11-5-6-12-28(27)26-34;1-38(37-26-29-13-7-8-16-34(29)35-17-9-10-18-36(35)37)30-21-23-32(24-22-30)39(31-14-3-2-4-15-31)33-20-19-27-11-5-6-12-28(27)25-33;1-38(36-17-16-31-23-28-10-7-8-11-29(28)24-32(31)26-36)33-19-21-35(22-20-33)39(34-13-3-2-4-14-34)37-18-15-27-9-5-6-12-30(27)25-37/h3*2-26H,1H3. The molecule has 0 N–H and O–H groups in total. The van der Waals surface area contributed by atoms with E-state index in [1.54, 1.807) is 0 Å². The van der Waals surface area contributed by atoms with Gasteiger partial charge in [-0.2, -0.15) is 0 Å².